The van der Waals surface area contributed by atoms with Crippen molar-refractivity contribution in [2.45, 2.75) is 44.7 Å². The van der Waals surface area contributed by atoms with E-state index in [0.717, 1.165) is 38.0 Å². The lowest BCUT2D eigenvalue weighted by atomic mass is 10.0. The van der Waals surface area contributed by atoms with Crippen LogP contribution in [-0.4, -0.2) is 36.5 Å². The summed E-state index contributed by atoms with van der Waals surface area (Å²) in [4.78, 5) is 14.2. The van der Waals surface area contributed by atoms with E-state index < -0.39 is 0 Å². The maximum Gasteiger partial charge on any atom is 0.239 e. The van der Waals surface area contributed by atoms with Crippen molar-refractivity contribution in [1.29, 1.82) is 0 Å². The molecule has 2 rings (SSSR count). The highest BCUT2D eigenvalue weighted by Gasteiger charge is 2.30. The van der Waals surface area contributed by atoms with Gasteiger partial charge in [0.2, 0.25) is 5.91 Å². The molecule has 1 aromatic rings. The van der Waals surface area contributed by atoms with E-state index in [0.29, 0.717) is 0 Å². The Morgan fingerprint density at radius 2 is 2.44 bits per heavy atom. The van der Waals surface area contributed by atoms with Gasteiger partial charge in [0, 0.05) is 19.0 Å². The van der Waals surface area contributed by atoms with Crippen LogP contribution in [0.2, 0.25) is 0 Å². The van der Waals surface area contributed by atoms with Crippen LogP contribution >= 0.6 is 0 Å². The number of aryl methyl sites for hydroxylation is 1. The predicted octanol–water partition coefficient (Wildman–Crippen LogP) is 1.81. The molecule has 0 bridgehead atoms. The van der Waals surface area contributed by atoms with Gasteiger partial charge in [0.25, 0.3) is 0 Å². The molecule has 0 aromatic carbocycles. The van der Waals surface area contributed by atoms with Crippen molar-refractivity contribution >= 4 is 5.91 Å². The third-order valence-electron chi connectivity index (χ3n) is 3.74. The number of likely N-dealkylation sites (N-methyl/N-ethyl adjacent to an activating group) is 1. The summed E-state index contributed by atoms with van der Waals surface area (Å²) in [5.41, 5.74) is 0. The Kier molecular flexibility index (Phi) is 4.42. The van der Waals surface area contributed by atoms with Crippen molar-refractivity contribution in [2.24, 2.45) is 0 Å². The van der Waals surface area contributed by atoms with Gasteiger partial charge in [0.1, 0.15) is 5.76 Å². The fourth-order valence-corrected chi connectivity index (χ4v) is 2.57. The number of nitrogens with zero attached hydrogens (tertiary/aromatic N) is 1. The van der Waals surface area contributed by atoms with E-state index in [1.54, 1.807) is 6.26 Å². The minimum atomic E-state index is 0.00446. The largest absolute Gasteiger partial charge is 0.469 e. The molecule has 4 heteroatoms. The molecule has 0 radical (unpaired) electrons. The zero-order valence-electron chi connectivity index (χ0n) is 11.2. The predicted molar refractivity (Wildman–Crippen MR) is 70.3 cm³/mol. The number of carbonyl (C=O) groups is 1. The molecule has 1 aromatic heterocycles. The van der Waals surface area contributed by atoms with Gasteiger partial charge in [0.15, 0.2) is 0 Å². The first-order valence-electron chi connectivity index (χ1n) is 6.72. The van der Waals surface area contributed by atoms with E-state index >= 15 is 0 Å². The molecule has 1 aliphatic rings. The number of piperidine rings is 1. The SMILES string of the molecule is CNC1CCCN(C(C)CCc2ccco2)C1=O. The Balaban J connectivity index is 1.87. The maximum atomic E-state index is 12.2. The molecule has 1 N–H and O–H groups in total. The Hall–Kier alpha value is -1.29. The molecule has 1 fully saturated rings. The molecular formula is C14H22N2O2. The number of rotatable bonds is 5. The minimum absolute atomic E-state index is 0.00446. The number of hydrogen-bond donors (Lipinski definition) is 1. The zero-order valence-corrected chi connectivity index (χ0v) is 11.2. The van der Waals surface area contributed by atoms with Crippen LogP contribution < -0.4 is 5.32 Å². The lowest BCUT2D eigenvalue weighted by Gasteiger charge is -2.36. The molecule has 100 valence electrons. The van der Waals surface area contributed by atoms with Gasteiger partial charge in [0.05, 0.1) is 12.3 Å². The van der Waals surface area contributed by atoms with Gasteiger partial charge in [-0.3, -0.25) is 4.79 Å². The van der Waals surface area contributed by atoms with Gasteiger partial charge in [-0.2, -0.15) is 0 Å². The standard InChI is InChI=1S/C14H22N2O2/c1-11(7-8-12-5-4-10-18-12)16-9-3-6-13(15-2)14(16)17/h4-5,10-11,13,15H,3,6-9H2,1-2H3. The van der Waals surface area contributed by atoms with Gasteiger partial charge >= 0.3 is 0 Å². The first kappa shape index (κ1) is 13.1. The van der Waals surface area contributed by atoms with Crippen LogP contribution in [-0.2, 0) is 11.2 Å². The van der Waals surface area contributed by atoms with Crippen molar-refractivity contribution in [2.75, 3.05) is 13.6 Å². The van der Waals surface area contributed by atoms with Crippen molar-refractivity contribution in [3.63, 3.8) is 0 Å². The third-order valence-corrected chi connectivity index (χ3v) is 3.74. The number of furan rings is 1. The van der Waals surface area contributed by atoms with E-state index in [4.69, 9.17) is 4.42 Å². The summed E-state index contributed by atoms with van der Waals surface area (Å²) in [7, 11) is 1.86. The van der Waals surface area contributed by atoms with Gasteiger partial charge < -0.3 is 14.6 Å². The number of carbonyl (C=O) groups excluding carboxylic acids is 1. The summed E-state index contributed by atoms with van der Waals surface area (Å²) in [5.74, 6) is 1.24. The molecular weight excluding hydrogens is 228 g/mol. The lowest BCUT2D eigenvalue weighted by Crippen LogP contribution is -2.52. The monoisotopic (exact) mass is 250 g/mol. The number of amides is 1. The summed E-state index contributed by atoms with van der Waals surface area (Å²) >= 11 is 0. The smallest absolute Gasteiger partial charge is 0.239 e. The van der Waals surface area contributed by atoms with E-state index in [1.807, 2.05) is 24.1 Å². The Morgan fingerprint density at radius 3 is 3.11 bits per heavy atom. The second kappa shape index (κ2) is 6.05. The van der Waals surface area contributed by atoms with Crippen LogP contribution in [0, 0.1) is 0 Å². The van der Waals surface area contributed by atoms with Gasteiger partial charge in [-0.25, -0.2) is 0 Å². The third kappa shape index (κ3) is 2.93. The average Bonchev–Trinajstić information content (AvgIpc) is 2.89. The van der Waals surface area contributed by atoms with E-state index in [9.17, 15) is 4.79 Å². The molecule has 2 heterocycles. The van der Waals surface area contributed by atoms with Crippen LogP contribution in [0.25, 0.3) is 0 Å². The van der Waals surface area contributed by atoms with E-state index in [1.165, 1.54) is 0 Å². The fraction of sp³-hybridized carbons (Fsp3) is 0.643. The van der Waals surface area contributed by atoms with Crippen LogP contribution in [0.5, 0.6) is 0 Å². The Bertz CT molecular complexity index is 375. The highest BCUT2D eigenvalue weighted by atomic mass is 16.3. The Labute approximate surface area is 108 Å². The first-order chi connectivity index (χ1) is 8.72. The lowest BCUT2D eigenvalue weighted by molar-refractivity contribution is -0.138. The number of likely N-dealkylation sites (tertiary alicyclic amines) is 1. The minimum Gasteiger partial charge on any atom is -0.469 e. The molecule has 0 spiro atoms. The second-order valence-corrected chi connectivity index (χ2v) is 4.98. The molecule has 1 amide bonds. The topological polar surface area (TPSA) is 45.5 Å². The molecule has 0 aliphatic carbocycles. The summed E-state index contributed by atoms with van der Waals surface area (Å²) < 4.78 is 5.32. The van der Waals surface area contributed by atoms with Crippen molar-refractivity contribution < 1.29 is 9.21 Å². The summed E-state index contributed by atoms with van der Waals surface area (Å²) in [6.07, 6.45) is 5.58. The Morgan fingerprint density at radius 1 is 1.61 bits per heavy atom. The molecule has 4 nitrogen and oxygen atoms in total. The first-order valence-corrected chi connectivity index (χ1v) is 6.72. The molecule has 1 saturated heterocycles. The molecule has 2 atom stereocenters. The normalized spacial score (nSPS) is 22.2. The fourth-order valence-electron chi connectivity index (χ4n) is 2.57. The molecule has 0 saturated carbocycles. The van der Waals surface area contributed by atoms with E-state index in [-0.39, 0.29) is 18.0 Å². The van der Waals surface area contributed by atoms with Gasteiger partial charge in [-0.1, -0.05) is 0 Å². The second-order valence-electron chi connectivity index (χ2n) is 4.98. The highest BCUT2D eigenvalue weighted by Crippen LogP contribution is 2.17. The van der Waals surface area contributed by atoms with Crippen molar-refractivity contribution in [3.05, 3.63) is 24.2 Å². The van der Waals surface area contributed by atoms with Crippen molar-refractivity contribution in [1.82, 2.24) is 10.2 Å². The quantitative estimate of drug-likeness (QED) is 0.867. The zero-order chi connectivity index (χ0) is 13.0. The summed E-state index contributed by atoms with van der Waals surface area (Å²) in [5, 5.41) is 3.10. The van der Waals surface area contributed by atoms with Crippen molar-refractivity contribution in [3.8, 4) is 0 Å². The average molecular weight is 250 g/mol. The van der Waals surface area contributed by atoms with E-state index in [2.05, 4.69) is 12.2 Å². The number of hydrogen-bond acceptors (Lipinski definition) is 3. The van der Waals surface area contributed by atoms with Gasteiger partial charge in [-0.15, -0.1) is 0 Å². The molecule has 18 heavy (non-hydrogen) atoms. The summed E-state index contributed by atoms with van der Waals surface area (Å²) in [6.45, 7) is 3.01. The number of nitrogens with one attached hydrogen (secondary N) is 1. The van der Waals surface area contributed by atoms with Crippen LogP contribution in [0.15, 0.2) is 22.8 Å². The maximum absolute atomic E-state index is 12.2. The van der Waals surface area contributed by atoms with Crippen LogP contribution in [0.3, 0.4) is 0 Å². The molecule has 1 aliphatic heterocycles. The van der Waals surface area contributed by atoms with Crippen LogP contribution in [0.4, 0.5) is 0 Å². The van der Waals surface area contributed by atoms with Crippen LogP contribution in [0.1, 0.15) is 31.9 Å². The highest BCUT2D eigenvalue weighted by molar-refractivity contribution is 5.82. The van der Waals surface area contributed by atoms with Gasteiger partial charge in [-0.05, 0) is 45.4 Å². The summed E-state index contributed by atoms with van der Waals surface area (Å²) in [6, 6.07) is 4.17. The molecule has 2 unspecified atom stereocenters.